The molecule has 0 aliphatic carbocycles. The molecule has 0 saturated carbocycles. The highest BCUT2D eigenvalue weighted by atomic mass is 35.5. The van der Waals surface area contributed by atoms with Crippen molar-refractivity contribution in [2.45, 2.75) is 33.2 Å². The predicted octanol–water partition coefficient (Wildman–Crippen LogP) is 4.00. The molecule has 5 nitrogen and oxygen atoms in total. The number of carbonyl (C=O) groups is 3. The summed E-state index contributed by atoms with van der Waals surface area (Å²) in [5.74, 6) is -0.699. The van der Waals surface area contributed by atoms with Crippen LogP contribution in [0.1, 0.15) is 37.6 Å². The van der Waals surface area contributed by atoms with Gasteiger partial charge >= 0.3 is 5.97 Å². The summed E-state index contributed by atoms with van der Waals surface area (Å²) in [6, 6.07) is 3.61. The van der Waals surface area contributed by atoms with E-state index in [1.165, 1.54) is 23.9 Å². The van der Waals surface area contributed by atoms with E-state index in [1.807, 2.05) is 6.26 Å². The molecule has 0 heterocycles. The summed E-state index contributed by atoms with van der Waals surface area (Å²) in [6.45, 7) is 4.92. The Morgan fingerprint density at radius 3 is 2.42 bits per heavy atom. The first kappa shape index (κ1) is 22.8. The van der Waals surface area contributed by atoms with Gasteiger partial charge in [-0.3, -0.25) is 9.59 Å². The summed E-state index contributed by atoms with van der Waals surface area (Å²) in [7, 11) is 0. The Labute approximate surface area is 168 Å². The number of nitrogens with one attached hydrogen (secondary N) is 1. The quantitative estimate of drug-likeness (QED) is 0.644. The number of hydrogen-bond acceptors (Lipinski definition) is 5. The number of esters is 1. The van der Waals surface area contributed by atoms with Gasteiger partial charge in [-0.15, -0.1) is 0 Å². The van der Waals surface area contributed by atoms with Crippen LogP contribution in [0.2, 0.25) is 10.0 Å². The number of halogens is 2. The third-order valence-electron chi connectivity index (χ3n) is 3.56. The van der Waals surface area contributed by atoms with Gasteiger partial charge in [0.1, 0.15) is 6.04 Å². The zero-order chi connectivity index (χ0) is 19.9. The summed E-state index contributed by atoms with van der Waals surface area (Å²) in [5.41, 5.74) is -0.390. The van der Waals surface area contributed by atoms with Gasteiger partial charge in [-0.1, -0.05) is 44.0 Å². The van der Waals surface area contributed by atoms with E-state index in [4.69, 9.17) is 27.9 Å². The summed E-state index contributed by atoms with van der Waals surface area (Å²) in [5, 5.41) is 3.22. The number of ketones is 1. The van der Waals surface area contributed by atoms with Crippen molar-refractivity contribution in [2.24, 2.45) is 5.41 Å². The second-order valence-corrected chi connectivity index (χ2v) is 8.54. The molecule has 1 aromatic rings. The summed E-state index contributed by atoms with van der Waals surface area (Å²) in [6.07, 6.45) is 2.27. The van der Waals surface area contributed by atoms with Crippen LogP contribution in [0.25, 0.3) is 0 Å². The Morgan fingerprint density at radius 2 is 1.88 bits per heavy atom. The maximum atomic E-state index is 12.4. The minimum absolute atomic E-state index is 0.190. The molecule has 26 heavy (non-hydrogen) atoms. The van der Waals surface area contributed by atoms with Gasteiger partial charge in [-0.2, -0.15) is 11.8 Å². The fraction of sp³-hybridized carbons (Fsp3) is 0.500. The van der Waals surface area contributed by atoms with E-state index in [-0.39, 0.29) is 23.0 Å². The number of thioether (sulfide) groups is 1. The average molecular weight is 420 g/mol. The van der Waals surface area contributed by atoms with Gasteiger partial charge in [-0.05, 0) is 36.6 Å². The van der Waals surface area contributed by atoms with Gasteiger partial charge in [0.15, 0.2) is 12.4 Å². The monoisotopic (exact) mass is 419 g/mol. The molecule has 1 rings (SSSR count). The van der Waals surface area contributed by atoms with Crippen molar-refractivity contribution in [3.8, 4) is 0 Å². The highest BCUT2D eigenvalue weighted by Gasteiger charge is 2.27. The molecule has 8 heteroatoms. The van der Waals surface area contributed by atoms with Gasteiger partial charge in [-0.25, -0.2) is 4.79 Å². The molecule has 1 N–H and O–H groups in total. The molecule has 1 aromatic carbocycles. The van der Waals surface area contributed by atoms with Gasteiger partial charge in [0.05, 0.1) is 10.6 Å². The molecule has 0 aromatic heterocycles. The van der Waals surface area contributed by atoms with E-state index in [0.717, 1.165) is 0 Å². The van der Waals surface area contributed by atoms with Crippen LogP contribution in [0, 0.1) is 5.41 Å². The van der Waals surface area contributed by atoms with Crippen LogP contribution >= 0.6 is 35.0 Å². The van der Waals surface area contributed by atoms with E-state index < -0.39 is 23.3 Å². The topological polar surface area (TPSA) is 72.5 Å². The lowest BCUT2D eigenvalue weighted by Gasteiger charge is -2.20. The smallest absolute Gasteiger partial charge is 0.329 e. The second kappa shape index (κ2) is 10.2. The Bertz CT molecular complexity index is 674. The van der Waals surface area contributed by atoms with Gasteiger partial charge in [0.25, 0.3) is 5.91 Å². The molecule has 0 bridgehead atoms. The fourth-order valence-electron chi connectivity index (χ4n) is 1.85. The largest absolute Gasteiger partial charge is 0.456 e. The van der Waals surface area contributed by atoms with E-state index in [2.05, 4.69) is 5.32 Å². The molecular weight excluding hydrogens is 397 g/mol. The van der Waals surface area contributed by atoms with Gasteiger partial charge in [0.2, 0.25) is 0 Å². The summed E-state index contributed by atoms with van der Waals surface area (Å²) in [4.78, 5) is 36.7. The normalized spacial score (nSPS) is 12.4. The summed E-state index contributed by atoms with van der Waals surface area (Å²) < 4.78 is 5.11. The molecule has 0 aliphatic rings. The lowest BCUT2D eigenvalue weighted by Crippen LogP contribution is -2.43. The predicted molar refractivity (Wildman–Crippen MR) is 106 cm³/mol. The van der Waals surface area contributed by atoms with Crippen LogP contribution in [-0.2, 0) is 14.3 Å². The molecule has 0 fully saturated rings. The number of amides is 1. The van der Waals surface area contributed by atoms with Crippen molar-refractivity contribution < 1.29 is 19.1 Å². The Kier molecular flexibility index (Phi) is 8.93. The minimum atomic E-state index is -0.866. The Hall–Kier alpha value is -1.24. The van der Waals surface area contributed by atoms with Crippen LogP contribution in [-0.4, -0.2) is 42.3 Å². The third-order valence-corrected chi connectivity index (χ3v) is 4.75. The van der Waals surface area contributed by atoms with Crippen LogP contribution in [0.4, 0.5) is 0 Å². The van der Waals surface area contributed by atoms with Gasteiger partial charge in [0, 0.05) is 10.4 Å². The third kappa shape index (κ3) is 7.17. The Balaban J connectivity index is 2.80. The average Bonchev–Trinajstić information content (AvgIpc) is 2.54. The highest BCUT2D eigenvalue weighted by Crippen LogP contribution is 2.21. The maximum Gasteiger partial charge on any atom is 0.329 e. The highest BCUT2D eigenvalue weighted by molar-refractivity contribution is 7.98. The molecule has 144 valence electrons. The number of ether oxygens (including phenoxy) is 1. The standard InChI is InChI=1S/C18H23Cl2NO4S/c1-18(2,3)15(22)10-25-17(24)14(7-8-26-4)21-16(23)12-6-5-11(19)9-13(12)20/h5-6,9,14H,7-8,10H2,1-4H3,(H,21,23)/t14-/m1/s1. The van der Waals surface area contributed by atoms with Crippen molar-refractivity contribution >= 4 is 52.6 Å². The Morgan fingerprint density at radius 1 is 1.23 bits per heavy atom. The zero-order valence-electron chi connectivity index (χ0n) is 15.2. The van der Waals surface area contributed by atoms with Crippen LogP contribution in [0.5, 0.6) is 0 Å². The molecule has 0 radical (unpaired) electrons. The van der Waals surface area contributed by atoms with Crippen LogP contribution in [0.3, 0.4) is 0 Å². The lowest BCUT2D eigenvalue weighted by atomic mass is 9.91. The van der Waals surface area contributed by atoms with Crippen molar-refractivity contribution in [3.63, 3.8) is 0 Å². The number of carbonyl (C=O) groups excluding carboxylic acids is 3. The van der Waals surface area contributed by atoms with Crippen LogP contribution in [0.15, 0.2) is 18.2 Å². The molecular formula is C18H23Cl2NO4S. The number of Topliss-reactive ketones (excluding diaryl/α,β-unsaturated/α-hetero) is 1. The minimum Gasteiger partial charge on any atom is -0.456 e. The first-order chi connectivity index (χ1) is 12.1. The SMILES string of the molecule is CSCC[C@@H](NC(=O)c1ccc(Cl)cc1Cl)C(=O)OCC(=O)C(C)(C)C. The molecule has 0 unspecified atom stereocenters. The number of hydrogen-bond donors (Lipinski definition) is 1. The number of benzene rings is 1. The fourth-order valence-corrected chi connectivity index (χ4v) is 2.81. The first-order valence-electron chi connectivity index (χ1n) is 8.01. The van der Waals surface area contributed by atoms with Crippen molar-refractivity contribution in [1.82, 2.24) is 5.32 Å². The molecule has 1 amide bonds. The van der Waals surface area contributed by atoms with E-state index in [0.29, 0.717) is 17.2 Å². The lowest BCUT2D eigenvalue weighted by molar-refractivity contribution is -0.151. The van der Waals surface area contributed by atoms with Crippen LogP contribution < -0.4 is 5.32 Å². The van der Waals surface area contributed by atoms with Crippen molar-refractivity contribution in [2.75, 3.05) is 18.6 Å². The maximum absolute atomic E-state index is 12.4. The van der Waals surface area contributed by atoms with Crippen molar-refractivity contribution in [1.29, 1.82) is 0 Å². The van der Waals surface area contributed by atoms with E-state index in [9.17, 15) is 14.4 Å². The molecule has 0 saturated heterocycles. The molecule has 0 aliphatic heterocycles. The zero-order valence-corrected chi connectivity index (χ0v) is 17.6. The van der Waals surface area contributed by atoms with E-state index >= 15 is 0 Å². The summed E-state index contributed by atoms with van der Waals surface area (Å²) >= 11 is 13.4. The second-order valence-electron chi connectivity index (χ2n) is 6.71. The van der Waals surface area contributed by atoms with E-state index in [1.54, 1.807) is 26.8 Å². The first-order valence-corrected chi connectivity index (χ1v) is 10.2. The number of rotatable bonds is 8. The molecule has 1 atom stereocenters. The molecule has 0 spiro atoms. The van der Waals surface area contributed by atoms with Crippen molar-refractivity contribution in [3.05, 3.63) is 33.8 Å². The van der Waals surface area contributed by atoms with Gasteiger partial charge < -0.3 is 10.1 Å².